The highest BCUT2D eigenvalue weighted by atomic mass is 79.9. The maximum absolute atomic E-state index is 12.7. The van der Waals surface area contributed by atoms with Crippen LogP contribution in [-0.2, 0) is 6.18 Å². The summed E-state index contributed by atoms with van der Waals surface area (Å²) in [4.78, 5) is 0. The van der Waals surface area contributed by atoms with Crippen molar-refractivity contribution in [2.75, 3.05) is 0 Å². The van der Waals surface area contributed by atoms with Gasteiger partial charge in [0.1, 0.15) is 5.56 Å². The summed E-state index contributed by atoms with van der Waals surface area (Å²) in [5, 5.41) is 0. The molecule has 0 N–H and O–H groups in total. The molecule has 8 heteroatoms. The first-order valence-corrected chi connectivity index (χ1v) is 4.05. The molecule has 0 unspecified atom stereocenters. The third kappa shape index (κ3) is 1.95. The Balaban J connectivity index is 3.68. The van der Waals surface area contributed by atoms with Crippen LogP contribution < -0.4 is 0 Å². The third-order valence-corrected chi connectivity index (χ3v) is 2.24. The average Bonchev–Trinajstić information content (AvgIpc) is 2.09. The lowest BCUT2D eigenvalue weighted by molar-refractivity contribution is -0.141. The molecule has 1 aromatic carbocycles. The molecule has 0 aliphatic carbocycles. The maximum Gasteiger partial charge on any atom is 0.420 e. The fourth-order valence-electron chi connectivity index (χ4n) is 0.854. The van der Waals surface area contributed by atoms with Gasteiger partial charge in [-0.1, -0.05) is 0 Å². The average molecular weight is 297 g/mol. The second-order valence-electron chi connectivity index (χ2n) is 2.44. The van der Waals surface area contributed by atoms with Gasteiger partial charge in [0.2, 0.25) is 0 Å². The van der Waals surface area contributed by atoms with Crippen LogP contribution in [0.3, 0.4) is 0 Å². The quantitative estimate of drug-likeness (QED) is 0.385. The van der Waals surface area contributed by atoms with Gasteiger partial charge < -0.3 is 0 Å². The van der Waals surface area contributed by atoms with Gasteiger partial charge in [-0.15, -0.1) is 0 Å². The fourth-order valence-corrected chi connectivity index (χ4v) is 1.43. The molecular formula is C7BrF7. The van der Waals surface area contributed by atoms with Crippen molar-refractivity contribution in [1.29, 1.82) is 0 Å². The van der Waals surface area contributed by atoms with Gasteiger partial charge in [-0.25, -0.2) is 17.6 Å². The minimum atomic E-state index is -5.32. The first kappa shape index (κ1) is 12.3. The van der Waals surface area contributed by atoms with E-state index in [9.17, 15) is 30.7 Å². The molecule has 15 heavy (non-hydrogen) atoms. The molecule has 0 bridgehead atoms. The van der Waals surface area contributed by atoms with Crippen molar-refractivity contribution in [1.82, 2.24) is 0 Å². The Morgan fingerprint density at radius 2 is 1.13 bits per heavy atom. The van der Waals surface area contributed by atoms with Crippen molar-refractivity contribution in [2.45, 2.75) is 6.18 Å². The van der Waals surface area contributed by atoms with Crippen molar-refractivity contribution in [2.24, 2.45) is 0 Å². The lowest BCUT2D eigenvalue weighted by Crippen LogP contribution is -2.14. The van der Waals surface area contributed by atoms with Crippen molar-refractivity contribution in [3.05, 3.63) is 33.3 Å². The lowest BCUT2D eigenvalue weighted by Gasteiger charge is -2.11. The zero-order chi connectivity index (χ0) is 12.0. The first-order valence-electron chi connectivity index (χ1n) is 3.26. The zero-order valence-electron chi connectivity index (χ0n) is 6.52. The summed E-state index contributed by atoms with van der Waals surface area (Å²) in [6.45, 7) is 0. The Morgan fingerprint density at radius 1 is 0.733 bits per heavy atom. The first-order chi connectivity index (χ1) is 6.68. The predicted octanol–water partition coefficient (Wildman–Crippen LogP) is 4.02. The molecule has 0 saturated carbocycles. The highest BCUT2D eigenvalue weighted by Crippen LogP contribution is 2.39. The Morgan fingerprint density at radius 3 is 1.53 bits per heavy atom. The van der Waals surface area contributed by atoms with E-state index in [1.807, 2.05) is 15.9 Å². The van der Waals surface area contributed by atoms with Crippen LogP contribution in [0.5, 0.6) is 0 Å². The summed E-state index contributed by atoms with van der Waals surface area (Å²) in [6.07, 6.45) is -5.32. The normalized spacial score (nSPS) is 12.0. The van der Waals surface area contributed by atoms with E-state index in [1.54, 1.807) is 0 Å². The Kier molecular flexibility index (Phi) is 2.99. The Bertz CT molecular complexity index is 380. The monoisotopic (exact) mass is 296 g/mol. The number of hydrogen-bond donors (Lipinski definition) is 0. The van der Waals surface area contributed by atoms with Crippen molar-refractivity contribution < 1.29 is 30.7 Å². The lowest BCUT2D eigenvalue weighted by atomic mass is 10.2. The van der Waals surface area contributed by atoms with Crippen LogP contribution >= 0.6 is 15.9 Å². The standard InChI is InChI=1S/C7BrF7/c8-2-1(7(13,14)15)3(9)5(11)6(12)4(2)10. The molecule has 0 atom stereocenters. The molecular weight excluding hydrogens is 297 g/mol. The maximum atomic E-state index is 12.7. The van der Waals surface area contributed by atoms with Crippen molar-refractivity contribution in [3.63, 3.8) is 0 Å². The van der Waals surface area contributed by atoms with Crippen LogP contribution in [0, 0.1) is 23.3 Å². The smallest absolute Gasteiger partial charge is 0.203 e. The summed E-state index contributed by atoms with van der Waals surface area (Å²) in [6, 6.07) is 0. The van der Waals surface area contributed by atoms with E-state index < -0.39 is 39.5 Å². The molecule has 0 aliphatic rings. The van der Waals surface area contributed by atoms with Gasteiger partial charge in [0.25, 0.3) is 0 Å². The van der Waals surface area contributed by atoms with Crippen LogP contribution in [0.15, 0.2) is 4.47 Å². The molecule has 0 saturated heterocycles. The molecule has 0 nitrogen and oxygen atoms in total. The molecule has 0 spiro atoms. The number of rotatable bonds is 0. The van der Waals surface area contributed by atoms with Gasteiger partial charge in [-0.3, -0.25) is 0 Å². The van der Waals surface area contributed by atoms with Crippen molar-refractivity contribution >= 4 is 15.9 Å². The van der Waals surface area contributed by atoms with Gasteiger partial charge in [0.05, 0.1) is 4.47 Å². The zero-order valence-corrected chi connectivity index (χ0v) is 8.11. The second-order valence-corrected chi connectivity index (χ2v) is 3.24. The van der Waals surface area contributed by atoms with Crippen LogP contribution in [0.4, 0.5) is 30.7 Å². The van der Waals surface area contributed by atoms with Crippen LogP contribution in [0.2, 0.25) is 0 Å². The summed E-state index contributed by atoms with van der Waals surface area (Å²) in [5.41, 5.74) is -2.21. The summed E-state index contributed by atoms with van der Waals surface area (Å²) < 4.78 is 84.9. The number of benzene rings is 1. The van der Waals surface area contributed by atoms with E-state index in [0.29, 0.717) is 0 Å². The van der Waals surface area contributed by atoms with E-state index in [1.165, 1.54) is 0 Å². The van der Waals surface area contributed by atoms with Crippen LogP contribution in [0.1, 0.15) is 5.56 Å². The van der Waals surface area contributed by atoms with Gasteiger partial charge in [0.15, 0.2) is 23.3 Å². The van der Waals surface area contributed by atoms with Crippen molar-refractivity contribution in [3.8, 4) is 0 Å². The van der Waals surface area contributed by atoms with Gasteiger partial charge in [0, 0.05) is 0 Å². The van der Waals surface area contributed by atoms with Gasteiger partial charge >= 0.3 is 6.18 Å². The molecule has 0 aliphatic heterocycles. The Labute approximate surface area is 86.8 Å². The summed E-state index contributed by atoms with van der Waals surface area (Å²) in [5.74, 6) is -9.40. The molecule has 84 valence electrons. The van der Waals surface area contributed by atoms with Crippen LogP contribution in [0.25, 0.3) is 0 Å². The molecule has 1 aromatic rings. The number of alkyl halides is 3. The molecule has 0 fully saturated rings. The minimum Gasteiger partial charge on any atom is -0.203 e. The van der Waals surface area contributed by atoms with E-state index in [2.05, 4.69) is 0 Å². The Hall–Kier alpha value is -0.790. The minimum absolute atomic E-state index is 1.49. The number of halogens is 8. The van der Waals surface area contributed by atoms with E-state index in [-0.39, 0.29) is 0 Å². The molecule has 1 rings (SSSR count). The van der Waals surface area contributed by atoms with Gasteiger partial charge in [-0.2, -0.15) is 13.2 Å². The highest BCUT2D eigenvalue weighted by Gasteiger charge is 2.41. The molecule has 0 amide bonds. The van der Waals surface area contributed by atoms with E-state index >= 15 is 0 Å². The fraction of sp³-hybridized carbons (Fsp3) is 0.143. The number of hydrogen-bond acceptors (Lipinski definition) is 0. The SMILES string of the molecule is Fc1c(F)c(F)c(C(F)(F)F)c(Br)c1F. The highest BCUT2D eigenvalue weighted by molar-refractivity contribution is 9.10. The largest absolute Gasteiger partial charge is 0.420 e. The summed E-state index contributed by atoms with van der Waals surface area (Å²) in [7, 11) is 0. The summed E-state index contributed by atoms with van der Waals surface area (Å²) >= 11 is 2.01. The van der Waals surface area contributed by atoms with E-state index in [4.69, 9.17) is 0 Å². The molecule has 0 heterocycles. The van der Waals surface area contributed by atoms with Gasteiger partial charge in [-0.05, 0) is 15.9 Å². The van der Waals surface area contributed by atoms with E-state index in [0.717, 1.165) is 0 Å². The predicted molar refractivity (Wildman–Crippen MR) is 39.0 cm³/mol. The second kappa shape index (κ2) is 3.66. The molecule has 0 aromatic heterocycles. The third-order valence-electron chi connectivity index (χ3n) is 1.49. The van der Waals surface area contributed by atoms with Crippen LogP contribution in [-0.4, -0.2) is 0 Å². The topological polar surface area (TPSA) is 0 Å². The molecule has 0 radical (unpaired) electrons.